The van der Waals surface area contributed by atoms with Crippen LogP contribution in [-0.4, -0.2) is 34.2 Å². The Balaban J connectivity index is 2.04. The minimum absolute atomic E-state index is 0.284. The van der Waals surface area contributed by atoms with Gasteiger partial charge in [-0.25, -0.2) is 0 Å². The fourth-order valence-corrected chi connectivity index (χ4v) is 3.31. The fourth-order valence-electron chi connectivity index (χ4n) is 3.31. The molecule has 2 aromatic carbocycles. The molecule has 0 radical (unpaired) electrons. The third-order valence-corrected chi connectivity index (χ3v) is 4.56. The standard InChI is InChI=1S/C21H26O6/c1-21(2)26-18(13-7-9-15(22-3)10-8-13)19(27-21)14-11-16(23-4)20(25-6)17(12-14)24-5/h7-12,18-19H,1-6H3/t18-,19+/m1/s1. The summed E-state index contributed by atoms with van der Waals surface area (Å²) in [5, 5.41) is 0. The van der Waals surface area contributed by atoms with Crippen molar-refractivity contribution in [2.75, 3.05) is 28.4 Å². The van der Waals surface area contributed by atoms with Gasteiger partial charge in [0.15, 0.2) is 17.3 Å². The van der Waals surface area contributed by atoms with Gasteiger partial charge in [-0.2, -0.15) is 0 Å². The molecule has 0 saturated carbocycles. The summed E-state index contributed by atoms with van der Waals surface area (Å²) >= 11 is 0. The molecule has 0 unspecified atom stereocenters. The zero-order chi connectivity index (χ0) is 19.6. The molecule has 0 N–H and O–H groups in total. The molecule has 1 saturated heterocycles. The van der Waals surface area contributed by atoms with Crippen LogP contribution in [0.2, 0.25) is 0 Å². The van der Waals surface area contributed by atoms with Crippen LogP contribution < -0.4 is 18.9 Å². The average molecular weight is 374 g/mol. The maximum Gasteiger partial charge on any atom is 0.203 e. The van der Waals surface area contributed by atoms with E-state index < -0.39 is 5.79 Å². The summed E-state index contributed by atoms with van der Waals surface area (Å²) in [5.41, 5.74) is 1.89. The van der Waals surface area contributed by atoms with E-state index in [1.807, 2.05) is 50.2 Å². The molecule has 1 heterocycles. The van der Waals surface area contributed by atoms with Gasteiger partial charge in [0, 0.05) is 0 Å². The van der Waals surface area contributed by atoms with Gasteiger partial charge >= 0.3 is 0 Å². The van der Waals surface area contributed by atoms with Gasteiger partial charge in [0.1, 0.15) is 18.0 Å². The highest BCUT2D eigenvalue weighted by Gasteiger charge is 2.43. The highest BCUT2D eigenvalue weighted by atomic mass is 16.8. The quantitative estimate of drug-likeness (QED) is 0.752. The summed E-state index contributed by atoms with van der Waals surface area (Å²) in [6, 6.07) is 11.6. The normalized spacial score (nSPS) is 21.0. The van der Waals surface area contributed by atoms with E-state index in [0.717, 1.165) is 16.9 Å². The van der Waals surface area contributed by atoms with E-state index in [1.54, 1.807) is 28.4 Å². The lowest BCUT2D eigenvalue weighted by Crippen LogP contribution is -2.20. The van der Waals surface area contributed by atoms with Crippen LogP contribution in [0.4, 0.5) is 0 Å². The van der Waals surface area contributed by atoms with Crippen LogP contribution in [0, 0.1) is 0 Å². The summed E-state index contributed by atoms with van der Waals surface area (Å²) in [6.07, 6.45) is -0.615. The van der Waals surface area contributed by atoms with E-state index in [0.29, 0.717) is 17.2 Å². The van der Waals surface area contributed by atoms with E-state index in [2.05, 4.69) is 0 Å². The molecule has 6 nitrogen and oxygen atoms in total. The molecule has 27 heavy (non-hydrogen) atoms. The smallest absolute Gasteiger partial charge is 0.203 e. The topological polar surface area (TPSA) is 55.4 Å². The van der Waals surface area contributed by atoms with Crippen molar-refractivity contribution < 1.29 is 28.4 Å². The SMILES string of the molecule is COc1ccc([C@H]2OC(C)(C)O[C@H]2c2cc(OC)c(OC)c(OC)c2)cc1. The van der Waals surface area contributed by atoms with E-state index in [1.165, 1.54) is 0 Å². The van der Waals surface area contributed by atoms with Crippen LogP contribution in [0.25, 0.3) is 0 Å². The number of rotatable bonds is 6. The molecule has 2 aromatic rings. The van der Waals surface area contributed by atoms with Crippen LogP contribution in [0.1, 0.15) is 37.2 Å². The van der Waals surface area contributed by atoms with E-state index in [4.69, 9.17) is 28.4 Å². The summed E-state index contributed by atoms with van der Waals surface area (Å²) in [7, 11) is 6.42. The molecule has 3 rings (SSSR count). The predicted molar refractivity (Wildman–Crippen MR) is 101 cm³/mol. The monoisotopic (exact) mass is 374 g/mol. The minimum atomic E-state index is -0.727. The molecular weight excluding hydrogens is 348 g/mol. The van der Waals surface area contributed by atoms with Crippen LogP contribution in [-0.2, 0) is 9.47 Å². The Morgan fingerprint density at radius 2 is 1.22 bits per heavy atom. The Kier molecular flexibility index (Phi) is 5.48. The van der Waals surface area contributed by atoms with Crippen molar-refractivity contribution in [2.45, 2.75) is 31.8 Å². The van der Waals surface area contributed by atoms with Gasteiger partial charge in [0.2, 0.25) is 5.75 Å². The maximum absolute atomic E-state index is 6.23. The molecule has 0 aliphatic carbocycles. The van der Waals surface area contributed by atoms with E-state index in [9.17, 15) is 0 Å². The Morgan fingerprint density at radius 3 is 1.67 bits per heavy atom. The van der Waals surface area contributed by atoms with Gasteiger partial charge in [0.05, 0.1) is 28.4 Å². The Bertz CT molecular complexity index is 759. The Labute approximate surface area is 159 Å². The van der Waals surface area contributed by atoms with Crippen LogP contribution >= 0.6 is 0 Å². The third-order valence-electron chi connectivity index (χ3n) is 4.56. The molecule has 146 valence electrons. The largest absolute Gasteiger partial charge is 0.497 e. The Hall–Kier alpha value is -2.44. The molecule has 1 fully saturated rings. The number of hydrogen-bond acceptors (Lipinski definition) is 6. The summed E-state index contributed by atoms with van der Waals surface area (Å²) in [5.74, 6) is 1.77. The Morgan fingerprint density at radius 1 is 0.704 bits per heavy atom. The zero-order valence-corrected chi connectivity index (χ0v) is 16.6. The third kappa shape index (κ3) is 3.82. The lowest BCUT2D eigenvalue weighted by Gasteiger charge is -2.20. The summed E-state index contributed by atoms with van der Waals surface area (Å²) in [6.45, 7) is 3.81. The maximum atomic E-state index is 6.23. The number of ether oxygens (including phenoxy) is 6. The molecule has 2 atom stereocenters. The molecule has 6 heteroatoms. The van der Waals surface area contributed by atoms with Gasteiger partial charge in [-0.3, -0.25) is 0 Å². The first-order valence-electron chi connectivity index (χ1n) is 8.72. The van der Waals surface area contributed by atoms with Crippen molar-refractivity contribution in [2.24, 2.45) is 0 Å². The molecule has 1 aliphatic heterocycles. The van der Waals surface area contributed by atoms with Gasteiger partial charge in [-0.15, -0.1) is 0 Å². The van der Waals surface area contributed by atoms with Gasteiger partial charge in [-0.1, -0.05) is 12.1 Å². The average Bonchev–Trinajstić information content (AvgIpc) is 3.02. The molecule has 0 amide bonds. The van der Waals surface area contributed by atoms with Crippen molar-refractivity contribution >= 4 is 0 Å². The zero-order valence-electron chi connectivity index (χ0n) is 16.6. The van der Waals surface area contributed by atoms with Crippen molar-refractivity contribution in [3.8, 4) is 23.0 Å². The summed E-state index contributed by atoms with van der Waals surface area (Å²) < 4.78 is 34.1. The van der Waals surface area contributed by atoms with Gasteiger partial charge < -0.3 is 28.4 Å². The van der Waals surface area contributed by atoms with Crippen LogP contribution in [0.3, 0.4) is 0 Å². The number of hydrogen-bond donors (Lipinski definition) is 0. The number of benzene rings is 2. The molecule has 0 spiro atoms. The first-order chi connectivity index (χ1) is 12.9. The number of methoxy groups -OCH3 is 4. The van der Waals surface area contributed by atoms with Crippen molar-refractivity contribution in [3.05, 3.63) is 47.5 Å². The highest BCUT2D eigenvalue weighted by molar-refractivity contribution is 5.54. The first kappa shape index (κ1) is 19.3. The lowest BCUT2D eigenvalue weighted by molar-refractivity contribution is -0.147. The van der Waals surface area contributed by atoms with Crippen LogP contribution in [0.15, 0.2) is 36.4 Å². The molecule has 0 aromatic heterocycles. The summed E-state index contributed by atoms with van der Waals surface area (Å²) in [4.78, 5) is 0. The van der Waals surface area contributed by atoms with Crippen molar-refractivity contribution in [1.82, 2.24) is 0 Å². The second-order valence-electron chi connectivity index (χ2n) is 6.71. The second-order valence-corrected chi connectivity index (χ2v) is 6.71. The first-order valence-corrected chi connectivity index (χ1v) is 8.72. The van der Waals surface area contributed by atoms with E-state index in [-0.39, 0.29) is 12.2 Å². The van der Waals surface area contributed by atoms with E-state index >= 15 is 0 Å². The highest BCUT2D eigenvalue weighted by Crippen LogP contribution is 2.50. The predicted octanol–water partition coefficient (Wildman–Crippen LogP) is 4.29. The molecule has 0 bridgehead atoms. The minimum Gasteiger partial charge on any atom is -0.497 e. The molecule has 1 aliphatic rings. The van der Waals surface area contributed by atoms with Crippen molar-refractivity contribution in [1.29, 1.82) is 0 Å². The lowest BCUT2D eigenvalue weighted by atomic mass is 9.97. The van der Waals surface area contributed by atoms with Gasteiger partial charge in [0.25, 0.3) is 0 Å². The molecular formula is C21H26O6. The fraction of sp³-hybridized carbons (Fsp3) is 0.429. The second kappa shape index (κ2) is 7.66. The van der Waals surface area contributed by atoms with Crippen molar-refractivity contribution in [3.63, 3.8) is 0 Å². The van der Waals surface area contributed by atoms with Gasteiger partial charge in [-0.05, 0) is 49.2 Å². The van der Waals surface area contributed by atoms with Crippen LogP contribution in [0.5, 0.6) is 23.0 Å².